The van der Waals surface area contributed by atoms with Crippen molar-refractivity contribution in [1.29, 1.82) is 5.26 Å². The van der Waals surface area contributed by atoms with Crippen molar-refractivity contribution in [2.45, 2.75) is 52.1 Å². The molecule has 0 saturated carbocycles. The minimum atomic E-state index is -0.792. The number of hydrogen-bond acceptors (Lipinski definition) is 5. The lowest BCUT2D eigenvalue weighted by Gasteiger charge is -2.40. The van der Waals surface area contributed by atoms with Crippen LogP contribution in [0.2, 0.25) is 0 Å². The molecule has 6 nitrogen and oxygen atoms in total. The van der Waals surface area contributed by atoms with Crippen molar-refractivity contribution in [2.75, 3.05) is 20.2 Å². The Kier molecular flexibility index (Phi) is 5.59. The number of carbonyl (C=O) groups is 2. The summed E-state index contributed by atoms with van der Waals surface area (Å²) in [4.78, 5) is 25.9. The number of piperidine rings is 1. The molecule has 6 heteroatoms. The molecule has 1 unspecified atom stereocenters. The summed E-state index contributed by atoms with van der Waals surface area (Å²) in [6.45, 7) is 6.21. The van der Waals surface area contributed by atoms with E-state index in [2.05, 4.69) is 6.07 Å². The van der Waals surface area contributed by atoms with Gasteiger partial charge in [0.15, 0.2) is 0 Å². The van der Waals surface area contributed by atoms with E-state index in [1.807, 2.05) is 0 Å². The lowest BCUT2D eigenvalue weighted by atomic mass is 9.76. The molecule has 0 aromatic rings. The first kappa shape index (κ1) is 17.3. The van der Waals surface area contributed by atoms with Gasteiger partial charge in [0.25, 0.3) is 0 Å². The molecule has 1 atom stereocenters. The predicted molar refractivity (Wildman–Crippen MR) is 76.3 cm³/mol. The third-order valence-electron chi connectivity index (χ3n) is 3.56. The van der Waals surface area contributed by atoms with Gasteiger partial charge in [-0.2, -0.15) is 5.26 Å². The Morgan fingerprint density at radius 1 is 1.38 bits per heavy atom. The standard InChI is InChI=1S/C15H24N2O4/c1-14(2,3)21-13(19)17-10-6-8-15(11-17,7-5-9-16)12(18)20-4/h5-8,10-11H2,1-4H3. The quantitative estimate of drug-likeness (QED) is 0.747. The van der Waals surface area contributed by atoms with Gasteiger partial charge in [0.05, 0.1) is 18.6 Å². The first-order valence-electron chi connectivity index (χ1n) is 7.17. The van der Waals surface area contributed by atoms with E-state index in [0.717, 1.165) is 0 Å². The SMILES string of the molecule is COC(=O)C1(CCC#N)CCCN(C(=O)OC(C)(C)C)C1. The van der Waals surface area contributed by atoms with Crippen LogP contribution in [0.25, 0.3) is 0 Å². The molecule has 1 fully saturated rings. The number of ether oxygens (including phenoxy) is 2. The normalized spacial score (nSPS) is 22.3. The number of methoxy groups -OCH3 is 1. The van der Waals surface area contributed by atoms with Crippen LogP contribution in [0.15, 0.2) is 0 Å². The molecule has 0 bridgehead atoms. The number of nitrogens with zero attached hydrogens (tertiary/aromatic N) is 2. The van der Waals surface area contributed by atoms with Crippen molar-refractivity contribution >= 4 is 12.1 Å². The molecule has 21 heavy (non-hydrogen) atoms. The molecule has 0 aromatic carbocycles. The topological polar surface area (TPSA) is 79.6 Å². The second-order valence-electron chi connectivity index (χ2n) is 6.44. The van der Waals surface area contributed by atoms with Crippen molar-refractivity contribution in [2.24, 2.45) is 5.41 Å². The van der Waals surface area contributed by atoms with E-state index in [0.29, 0.717) is 25.8 Å². The van der Waals surface area contributed by atoms with Crippen LogP contribution in [0.3, 0.4) is 0 Å². The number of hydrogen-bond donors (Lipinski definition) is 0. The number of nitriles is 1. The molecule has 0 aliphatic carbocycles. The average Bonchev–Trinajstić information content (AvgIpc) is 2.42. The summed E-state index contributed by atoms with van der Waals surface area (Å²) in [5.74, 6) is -0.356. The van der Waals surface area contributed by atoms with Gasteiger partial charge >= 0.3 is 12.1 Å². The zero-order valence-electron chi connectivity index (χ0n) is 13.3. The van der Waals surface area contributed by atoms with Gasteiger partial charge in [0, 0.05) is 19.5 Å². The van der Waals surface area contributed by atoms with Crippen LogP contribution in [0.4, 0.5) is 4.79 Å². The molecule has 1 heterocycles. The summed E-state index contributed by atoms with van der Waals surface area (Å²) in [5.41, 5.74) is -1.37. The maximum atomic E-state index is 12.2. The summed E-state index contributed by atoms with van der Waals surface area (Å²) in [6, 6.07) is 2.06. The Hall–Kier alpha value is -1.77. The number of likely N-dealkylation sites (tertiary alicyclic amines) is 1. The van der Waals surface area contributed by atoms with E-state index >= 15 is 0 Å². The number of esters is 1. The zero-order chi connectivity index (χ0) is 16.1. The molecule has 1 saturated heterocycles. The van der Waals surface area contributed by atoms with Gasteiger partial charge in [-0.25, -0.2) is 4.79 Å². The molecular formula is C15H24N2O4. The van der Waals surface area contributed by atoms with E-state index < -0.39 is 17.1 Å². The number of carbonyl (C=O) groups excluding carboxylic acids is 2. The highest BCUT2D eigenvalue weighted by molar-refractivity contribution is 5.78. The van der Waals surface area contributed by atoms with Crippen molar-refractivity contribution in [3.63, 3.8) is 0 Å². The van der Waals surface area contributed by atoms with Crippen molar-refractivity contribution < 1.29 is 19.1 Å². The van der Waals surface area contributed by atoms with E-state index in [1.165, 1.54) is 7.11 Å². The van der Waals surface area contributed by atoms with Crippen LogP contribution < -0.4 is 0 Å². The Morgan fingerprint density at radius 2 is 2.05 bits per heavy atom. The minimum Gasteiger partial charge on any atom is -0.469 e. The fraction of sp³-hybridized carbons (Fsp3) is 0.800. The van der Waals surface area contributed by atoms with Gasteiger partial charge in [0.1, 0.15) is 5.60 Å². The summed E-state index contributed by atoms with van der Waals surface area (Å²) in [5, 5.41) is 8.79. The highest BCUT2D eigenvalue weighted by atomic mass is 16.6. The third-order valence-corrected chi connectivity index (χ3v) is 3.56. The maximum Gasteiger partial charge on any atom is 0.410 e. The van der Waals surface area contributed by atoms with Crippen LogP contribution >= 0.6 is 0 Å². The highest BCUT2D eigenvalue weighted by Crippen LogP contribution is 2.36. The zero-order valence-corrected chi connectivity index (χ0v) is 13.3. The Morgan fingerprint density at radius 3 is 2.57 bits per heavy atom. The smallest absolute Gasteiger partial charge is 0.410 e. The monoisotopic (exact) mass is 296 g/mol. The van der Waals surface area contributed by atoms with E-state index in [-0.39, 0.29) is 18.9 Å². The summed E-state index contributed by atoms with van der Waals surface area (Å²) in [6.07, 6.45) is 1.56. The molecule has 1 aliphatic rings. The maximum absolute atomic E-state index is 12.2. The molecule has 0 radical (unpaired) electrons. The van der Waals surface area contributed by atoms with Gasteiger partial charge in [0.2, 0.25) is 0 Å². The molecule has 1 aliphatic heterocycles. The predicted octanol–water partition coefficient (Wildman–Crippen LogP) is 2.48. The highest BCUT2D eigenvalue weighted by Gasteiger charge is 2.44. The summed E-state index contributed by atoms with van der Waals surface area (Å²) < 4.78 is 10.3. The molecule has 118 valence electrons. The van der Waals surface area contributed by atoms with Gasteiger partial charge in [-0.1, -0.05) is 0 Å². The van der Waals surface area contributed by atoms with Gasteiger partial charge in [-0.3, -0.25) is 4.79 Å². The Balaban J connectivity index is 2.85. The van der Waals surface area contributed by atoms with Crippen LogP contribution in [0.1, 0.15) is 46.5 Å². The van der Waals surface area contributed by atoms with Gasteiger partial charge < -0.3 is 14.4 Å². The van der Waals surface area contributed by atoms with Crippen molar-refractivity contribution in [3.05, 3.63) is 0 Å². The third kappa shape index (κ3) is 4.62. The Labute approximate surface area is 126 Å². The number of amides is 1. The summed E-state index contributed by atoms with van der Waals surface area (Å²) in [7, 11) is 1.34. The molecule has 1 amide bonds. The van der Waals surface area contributed by atoms with Crippen LogP contribution in [-0.2, 0) is 14.3 Å². The summed E-state index contributed by atoms with van der Waals surface area (Å²) >= 11 is 0. The molecular weight excluding hydrogens is 272 g/mol. The fourth-order valence-electron chi connectivity index (χ4n) is 2.60. The fourth-order valence-corrected chi connectivity index (χ4v) is 2.60. The largest absolute Gasteiger partial charge is 0.469 e. The van der Waals surface area contributed by atoms with E-state index in [1.54, 1.807) is 25.7 Å². The van der Waals surface area contributed by atoms with Crippen molar-refractivity contribution in [3.8, 4) is 6.07 Å². The van der Waals surface area contributed by atoms with Crippen LogP contribution in [0, 0.1) is 16.7 Å². The lowest BCUT2D eigenvalue weighted by molar-refractivity contribution is -0.156. The lowest BCUT2D eigenvalue weighted by Crippen LogP contribution is -2.51. The number of rotatable bonds is 3. The van der Waals surface area contributed by atoms with E-state index in [9.17, 15) is 9.59 Å². The van der Waals surface area contributed by atoms with Crippen LogP contribution in [-0.4, -0.2) is 42.8 Å². The molecule has 1 rings (SSSR count). The second kappa shape index (κ2) is 6.79. The first-order chi connectivity index (χ1) is 9.74. The van der Waals surface area contributed by atoms with Crippen LogP contribution in [0.5, 0.6) is 0 Å². The van der Waals surface area contributed by atoms with Gasteiger partial charge in [-0.05, 0) is 40.0 Å². The average molecular weight is 296 g/mol. The minimum absolute atomic E-state index is 0.246. The van der Waals surface area contributed by atoms with Crippen molar-refractivity contribution in [1.82, 2.24) is 4.90 Å². The van der Waals surface area contributed by atoms with E-state index in [4.69, 9.17) is 14.7 Å². The first-order valence-corrected chi connectivity index (χ1v) is 7.17. The molecule has 0 spiro atoms. The molecule has 0 aromatic heterocycles. The molecule has 0 N–H and O–H groups in total. The Bertz CT molecular complexity index is 436. The second-order valence-corrected chi connectivity index (χ2v) is 6.44. The van der Waals surface area contributed by atoms with Gasteiger partial charge in [-0.15, -0.1) is 0 Å².